The highest BCUT2D eigenvalue weighted by atomic mass is 35.5. The average molecular weight is 360 g/mol. The number of carbonyl (C=O) groups excluding carboxylic acids is 1. The predicted molar refractivity (Wildman–Crippen MR) is 101 cm³/mol. The van der Waals surface area contributed by atoms with E-state index in [1.54, 1.807) is 4.68 Å². The van der Waals surface area contributed by atoms with Crippen molar-refractivity contribution in [3.8, 4) is 0 Å². The maximum absolute atomic E-state index is 12.7. The third-order valence-electron chi connectivity index (χ3n) is 5.10. The summed E-state index contributed by atoms with van der Waals surface area (Å²) in [4.78, 5) is 12.7. The molecule has 3 rings (SSSR count). The van der Waals surface area contributed by atoms with Crippen LogP contribution in [0.2, 0.25) is 5.15 Å². The van der Waals surface area contributed by atoms with Gasteiger partial charge in [-0.3, -0.25) is 4.79 Å². The van der Waals surface area contributed by atoms with E-state index in [1.807, 2.05) is 6.92 Å². The van der Waals surface area contributed by atoms with Crippen LogP contribution in [-0.4, -0.2) is 21.7 Å². The summed E-state index contributed by atoms with van der Waals surface area (Å²) in [5.74, 6) is 0.660. The number of hydrogen-bond acceptors (Lipinski definition) is 2. The monoisotopic (exact) mass is 359 g/mol. The summed E-state index contributed by atoms with van der Waals surface area (Å²) in [5, 5.41) is 8.04. The first kappa shape index (κ1) is 18.0. The van der Waals surface area contributed by atoms with Gasteiger partial charge in [-0.1, -0.05) is 48.4 Å². The number of hydrogen-bond donors (Lipinski definition) is 1. The lowest BCUT2D eigenvalue weighted by Crippen LogP contribution is -2.37. The molecule has 0 unspecified atom stereocenters. The van der Waals surface area contributed by atoms with Gasteiger partial charge in [0.15, 0.2) is 0 Å². The molecule has 1 N–H and O–H groups in total. The van der Waals surface area contributed by atoms with Crippen LogP contribution in [0.4, 0.5) is 0 Å². The molecule has 1 aliphatic rings. The van der Waals surface area contributed by atoms with Crippen molar-refractivity contribution in [2.45, 2.75) is 59.0 Å². The molecule has 5 heteroatoms. The molecule has 1 heterocycles. The molecule has 1 saturated carbocycles. The van der Waals surface area contributed by atoms with Crippen molar-refractivity contribution in [1.82, 2.24) is 15.1 Å². The van der Waals surface area contributed by atoms with Gasteiger partial charge < -0.3 is 5.32 Å². The summed E-state index contributed by atoms with van der Waals surface area (Å²) in [6.07, 6.45) is 4.43. The topological polar surface area (TPSA) is 46.9 Å². The molecule has 1 fully saturated rings. The summed E-state index contributed by atoms with van der Waals surface area (Å²) in [6, 6.07) is 8.51. The second-order valence-corrected chi connectivity index (χ2v) is 7.68. The SMILES string of the molecule is Cc1ccc(Cn2nc(C)c(C(=O)NC3CCC(C)CC3)c2Cl)cc1. The number of benzene rings is 1. The Morgan fingerprint density at radius 1 is 1.20 bits per heavy atom. The smallest absolute Gasteiger partial charge is 0.256 e. The molecule has 1 aromatic heterocycles. The highest BCUT2D eigenvalue weighted by molar-refractivity contribution is 6.33. The Kier molecular flexibility index (Phi) is 5.48. The van der Waals surface area contributed by atoms with E-state index in [9.17, 15) is 4.79 Å². The fourth-order valence-corrected chi connectivity index (χ4v) is 3.76. The molecule has 0 spiro atoms. The standard InChI is InChI=1S/C20H26ClN3O/c1-13-4-8-16(9-5-13)12-24-19(21)18(15(3)23-24)20(25)22-17-10-6-14(2)7-11-17/h4-5,8-9,14,17H,6-7,10-12H2,1-3H3,(H,22,25). The Labute approximate surface area is 154 Å². The minimum atomic E-state index is -0.0998. The summed E-state index contributed by atoms with van der Waals surface area (Å²) < 4.78 is 1.71. The number of nitrogens with one attached hydrogen (secondary N) is 1. The van der Waals surface area contributed by atoms with Crippen LogP contribution in [0.5, 0.6) is 0 Å². The molecule has 2 aromatic rings. The van der Waals surface area contributed by atoms with Crippen LogP contribution in [-0.2, 0) is 6.54 Å². The molecule has 0 radical (unpaired) electrons. The normalized spacial score (nSPS) is 20.5. The van der Waals surface area contributed by atoms with E-state index in [1.165, 1.54) is 18.4 Å². The maximum atomic E-state index is 12.7. The molecule has 1 amide bonds. The Morgan fingerprint density at radius 2 is 1.84 bits per heavy atom. The third-order valence-corrected chi connectivity index (χ3v) is 5.48. The Bertz CT molecular complexity index is 743. The summed E-state index contributed by atoms with van der Waals surface area (Å²) in [5.41, 5.74) is 3.52. The fraction of sp³-hybridized carbons (Fsp3) is 0.500. The van der Waals surface area contributed by atoms with E-state index >= 15 is 0 Å². The molecule has 1 aromatic carbocycles. The lowest BCUT2D eigenvalue weighted by Gasteiger charge is -2.26. The quantitative estimate of drug-likeness (QED) is 0.872. The molecule has 1 aliphatic carbocycles. The average Bonchev–Trinajstić information content (AvgIpc) is 2.85. The summed E-state index contributed by atoms with van der Waals surface area (Å²) in [6.45, 7) is 6.74. The Balaban J connectivity index is 1.72. The third kappa shape index (κ3) is 4.24. The molecular weight excluding hydrogens is 334 g/mol. The minimum Gasteiger partial charge on any atom is -0.349 e. The molecule has 0 aliphatic heterocycles. The van der Waals surface area contributed by atoms with E-state index in [-0.39, 0.29) is 11.9 Å². The number of aryl methyl sites for hydroxylation is 2. The van der Waals surface area contributed by atoms with Crippen molar-refractivity contribution in [2.24, 2.45) is 5.92 Å². The van der Waals surface area contributed by atoms with Crippen molar-refractivity contribution >= 4 is 17.5 Å². The number of amides is 1. The molecule has 4 nitrogen and oxygen atoms in total. The van der Waals surface area contributed by atoms with Crippen molar-refractivity contribution in [3.05, 3.63) is 51.8 Å². The van der Waals surface area contributed by atoms with Crippen molar-refractivity contribution in [1.29, 1.82) is 0 Å². The highest BCUT2D eigenvalue weighted by Gasteiger charge is 2.25. The van der Waals surface area contributed by atoms with Gasteiger partial charge in [0.05, 0.1) is 17.8 Å². The van der Waals surface area contributed by atoms with Crippen LogP contribution < -0.4 is 5.32 Å². The van der Waals surface area contributed by atoms with Gasteiger partial charge in [-0.15, -0.1) is 0 Å². The van der Waals surface area contributed by atoms with Crippen LogP contribution in [0, 0.1) is 19.8 Å². The first-order valence-corrected chi connectivity index (χ1v) is 9.41. The Hall–Kier alpha value is -1.81. The fourth-order valence-electron chi connectivity index (χ4n) is 3.44. The zero-order valence-corrected chi connectivity index (χ0v) is 15.9. The molecule has 0 saturated heterocycles. The van der Waals surface area contributed by atoms with Crippen molar-refractivity contribution < 1.29 is 4.79 Å². The van der Waals surface area contributed by atoms with Crippen LogP contribution in [0.15, 0.2) is 24.3 Å². The lowest BCUT2D eigenvalue weighted by atomic mass is 9.87. The van der Waals surface area contributed by atoms with Gasteiger partial charge in [-0.05, 0) is 51.0 Å². The molecule has 25 heavy (non-hydrogen) atoms. The van der Waals surface area contributed by atoms with Crippen LogP contribution in [0.25, 0.3) is 0 Å². The maximum Gasteiger partial charge on any atom is 0.256 e. The summed E-state index contributed by atoms with van der Waals surface area (Å²) in [7, 11) is 0. The largest absolute Gasteiger partial charge is 0.349 e. The van der Waals surface area contributed by atoms with Crippen molar-refractivity contribution in [3.63, 3.8) is 0 Å². The number of nitrogens with zero attached hydrogens (tertiary/aromatic N) is 2. The van der Waals surface area contributed by atoms with E-state index in [0.717, 1.165) is 24.3 Å². The number of aromatic nitrogens is 2. The van der Waals surface area contributed by atoms with Crippen LogP contribution in [0.1, 0.15) is 59.8 Å². The van der Waals surface area contributed by atoms with Crippen molar-refractivity contribution in [2.75, 3.05) is 0 Å². The molecule has 134 valence electrons. The van der Waals surface area contributed by atoms with Gasteiger partial charge in [0.25, 0.3) is 5.91 Å². The van der Waals surface area contributed by atoms with Gasteiger partial charge in [0, 0.05) is 6.04 Å². The minimum absolute atomic E-state index is 0.0998. The van der Waals surface area contributed by atoms with Gasteiger partial charge in [0.1, 0.15) is 5.15 Å². The second-order valence-electron chi connectivity index (χ2n) is 7.32. The first-order valence-electron chi connectivity index (χ1n) is 9.03. The molecule has 0 bridgehead atoms. The number of carbonyl (C=O) groups is 1. The zero-order valence-electron chi connectivity index (χ0n) is 15.2. The number of halogens is 1. The van der Waals surface area contributed by atoms with E-state index < -0.39 is 0 Å². The predicted octanol–water partition coefficient (Wildman–Crippen LogP) is 4.51. The summed E-state index contributed by atoms with van der Waals surface area (Å²) >= 11 is 6.49. The highest BCUT2D eigenvalue weighted by Crippen LogP contribution is 2.25. The van der Waals surface area contributed by atoms with Gasteiger partial charge in [-0.25, -0.2) is 4.68 Å². The van der Waals surface area contributed by atoms with E-state index in [4.69, 9.17) is 11.6 Å². The van der Waals surface area contributed by atoms with Gasteiger partial charge in [0.2, 0.25) is 0 Å². The van der Waals surface area contributed by atoms with Gasteiger partial charge in [-0.2, -0.15) is 5.10 Å². The Morgan fingerprint density at radius 3 is 2.48 bits per heavy atom. The molecule has 0 atom stereocenters. The second kappa shape index (κ2) is 7.61. The van der Waals surface area contributed by atoms with Crippen LogP contribution in [0.3, 0.4) is 0 Å². The molecular formula is C20H26ClN3O. The number of rotatable bonds is 4. The first-order chi connectivity index (χ1) is 11.9. The van der Waals surface area contributed by atoms with E-state index in [2.05, 4.69) is 48.5 Å². The zero-order chi connectivity index (χ0) is 18.0. The van der Waals surface area contributed by atoms with E-state index in [0.29, 0.717) is 23.0 Å². The lowest BCUT2D eigenvalue weighted by molar-refractivity contribution is 0.0922. The van der Waals surface area contributed by atoms with Gasteiger partial charge >= 0.3 is 0 Å². The van der Waals surface area contributed by atoms with Crippen LogP contribution >= 0.6 is 11.6 Å².